The van der Waals surface area contributed by atoms with Gasteiger partial charge in [-0.05, 0) is 60.5 Å². The number of fused-ring (bicyclic) bond motifs is 1. The molecule has 0 aliphatic carbocycles. The van der Waals surface area contributed by atoms with Crippen molar-refractivity contribution in [3.63, 3.8) is 0 Å². The summed E-state index contributed by atoms with van der Waals surface area (Å²) in [5, 5.41) is 3.60. The molecule has 3 aliphatic rings. The predicted octanol–water partition coefficient (Wildman–Crippen LogP) is 2.75. The van der Waals surface area contributed by atoms with Crippen LogP contribution in [0.2, 0.25) is 0 Å². The fourth-order valence-corrected chi connectivity index (χ4v) is 4.13. The summed E-state index contributed by atoms with van der Waals surface area (Å²) in [5.74, 6) is 0.994. The molecule has 3 heterocycles. The summed E-state index contributed by atoms with van der Waals surface area (Å²) in [5.41, 5.74) is -0.327. The third-order valence-electron chi connectivity index (χ3n) is 5.75. The van der Waals surface area contributed by atoms with Crippen LogP contribution in [0, 0.1) is 0 Å². The number of carbonyl (C=O) groups is 1. The molecule has 8 heteroatoms. The maximum atomic E-state index is 12.3. The highest BCUT2D eigenvalue weighted by molar-refractivity contribution is 14.0. The Labute approximate surface area is 187 Å². The zero-order valence-corrected chi connectivity index (χ0v) is 20.5. The maximum absolute atomic E-state index is 12.3. The fraction of sp³-hybridized carbons (Fsp3) is 0.900. The summed E-state index contributed by atoms with van der Waals surface area (Å²) >= 11 is 0. The summed E-state index contributed by atoms with van der Waals surface area (Å²) in [6.07, 6.45) is 3.75. The number of piperazine rings is 1. The molecule has 1 N–H and O–H groups in total. The van der Waals surface area contributed by atoms with Crippen molar-refractivity contribution >= 4 is 36.0 Å². The lowest BCUT2D eigenvalue weighted by molar-refractivity contribution is 0.0136. The summed E-state index contributed by atoms with van der Waals surface area (Å²) in [6, 6.07) is 0.256. The minimum absolute atomic E-state index is 0. The first kappa shape index (κ1) is 23.5. The van der Waals surface area contributed by atoms with Crippen molar-refractivity contribution in [2.24, 2.45) is 4.99 Å². The second-order valence-electron chi connectivity index (χ2n) is 9.65. The Bertz CT molecular complexity index is 569. The van der Waals surface area contributed by atoms with E-state index in [-0.39, 0.29) is 41.7 Å². The Morgan fingerprint density at radius 2 is 1.79 bits per heavy atom. The first-order chi connectivity index (χ1) is 12.7. The van der Waals surface area contributed by atoms with E-state index in [9.17, 15) is 4.79 Å². The number of halogens is 1. The maximum Gasteiger partial charge on any atom is 0.410 e. The molecule has 0 aromatic carbocycles. The topological polar surface area (TPSA) is 60.4 Å². The summed E-state index contributed by atoms with van der Waals surface area (Å²) in [4.78, 5) is 23.8. The fourth-order valence-electron chi connectivity index (χ4n) is 4.13. The Kier molecular flexibility index (Phi) is 7.86. The largest absolute Gasteiger partial charge is 0.444 e. The van der Waals surface area contributed by atoms with Crippen LogP contribution in [-0.2, 0) is 4.74 Å². The molecule has 0 spiro atoms. The van der Waals surface area contributed by atoms with Crippen molar-refractivity contribution in [3.05, 3.63) is 0 Å². The lowest BCUT2D eigenvalue weighted by Gasteiger charge is -2.42. The van der Waals surface area contributed by atoms with Crippen molar-refractivity contribution in [1.82, 2.24) is 20.0 Å². The molecule has 1 unspecified atom stereocenters. The van der Waals surface area contributed by atoms with E-state index in [2.05, 4.69) is 29.0 Å². The number of amides is 1. The number of hydrogen-bond acceptors (Lipinski definition) is 6. The summed E-state index contributed by atoms with van der Waals surface area (Å²) in [7, 11) is 0. The van der Waals surface area contributed by atoms with E-state index in [1.165, 1.54) is 32.4 Å². The van der Waals surface area contributed by atoms with E-state index in [1.54, 1.807) is 0 Å². The van der Waals surface area contributed by atoms with Gasteiger partial charge < -0.3 is 19.9 Å². The van der Waals surface area contributed by atoms with Gasteiger partial charge >= 0.3 is 6.09 Å². The molecule has 1 atom stereocenters. The Balaban J connectivity index is 0.00000280. The standard InChI is InChI=1S/C20H37N5O2.HI/c1-19(2,3)27-18(26)23-11-12-25-16(14-23)13-21-17(25)22-15-20(4,5)24-9-7-6-8-10-24;/h16H,6-15H2,1-5H3,(H,21,22);1H. The van der Waals surface area contributed by atoms with Crippen LogP contribution in [-0.4, -0.2) is 89.7 Å². The van der Waals surface area contributed by atoms with Gasteiger partial charge in [-0.3, -0.25) is 9.89 Å². The highest BCUT2D eigenvalue weighted by Gasteiger charge is 2.37. The molecule has 28 heavy (non-hydrogen) atoms. The molecular weight excluding hydrogens is 469 g/mol. The first-order valence-corrected chi connectivity index (χ1v) is 10.4. The van der Waals surface area contributed by atoms with Crippen molar-refractivity contribution in [2.45, 2.75) is 71.1 Å². The molecule has 7 nitrogen and oxygen atoms in total. The molecule has 0 aromatic rings. The number of ether oxygens (including phenoxy) is 1. The van der Waals surface area contributed by atoms with Gasteiger partial charge in [0.25, 0.3) is 0 Å². The highest BCUT2D eigenvalue weighted by atomic mass is 127. The van der Waals surface area contributed by atoms with Gasteiger partial charge in [0.1, 0.15) is 5.60 Å². The molecule has 2 fully saturated rings. The van der Waals surface area contributed by atoms with Crippen LogP contribution in [0.1, 0.15) is 53.9 Å². The molecule has 0 aromatic heterocycles. The average Bonchev–Trinajstić information content (AvgIpc) is 3.02. The molecular formula is C20H38IN5O2. The van der Waals surface area contributed by atoms with Crippen LogP contribution in [0.3, 0.4) is 0 Å². The van der Waals surface area contributed by atoms with Crippen LogP contribution < -0.4 is 5.32 Å². The van der Waals surface area contributed by atoms with Crippen LogP contribution in [0.5, 0.6) is 0 Å². The second kappa shape index (κ2) is 9.36. The number of carbonyl (C=O) groups excluding carboxylic acids is 1. The average molecular weight is 507 g/mol. The SMILES string of the molecule is CC(C)(C)OC(=O)N1CCN2C(NCC(C)(C)N3CCCCC3)=NCC2C1.I. The molecule has 1 amide bonds. The highest BCUT2D eigenvalue weighted by Crippen LogP contribution is 2.22. The minimum atomic E-state index is -0.451. The van der Waals surface area contributed by atoms with Crippen molar-refractivity contribution in [2.75, 3.05) is 45.8 Å². The van der Waals surface area contributed by atoms with Crippen molar-refractivity contribution in [3.8, 4) is 0 Å². The van der Waals surface area contributed by atoms with Crippen molar-refractivity contribution in [1.29, 1.82) is 0 Å². The number of nitrogens with zero attached hydrogens (tertiary/aromatic N) is 4. The molecule has 3 aliphatic heterocycles. The van der Waals surface area contributed by atoms with E-state index >= 15 is 0 Å². The quantitative estimate of drug-likeness (QED) is 0.596. The molecule has 0 radical (unpaired) electrons. The monoisotopic (exact) mass is 507 g/mol. The van der Waals surface area contributed by atoms with Gasteiger partial charge in [-0.25, -0.2) is 4.79 Å². The van der Waals surface area contributed by atoms with E-state index in [1.807, 2.05) is 25.7 Å². The van der Waals surface area contributed by atoms with Gasteiger partial charge in [-0.1, -0.05) is 6.42 Å². The number of nitrogens with one attached hydrogen (secondary N) is 1. The van der Waals surface area contributed by atoms with E-state index < -0.39 is 5.60 Å². The zero-order chi connectivity index (χ0) is 19.7. The number of piperidine rings is 1. The molecule has 2 saturated heterocycles. The first-order valence-electron chi connectivity index (χ1n) is 10.4. The second-order valence-corrected chi connectivity index (χ2v) is 9.65. The molecule has 0 bridgehead atoms. The van der Waals surface area contributed by atoms with E-state index in [0.29, 0.717) is 13.1 Å². The minimum Gasteiger partial charge on any atom is -0.444 e. The van der Waals surface area contributed by atoms with Gasteiger partial charge in [0.2, 0.25) is 0 Å². The van der Waals surface area contributed by atoms with Gasteiger partial charge in [0.05, 0.1) is 12.6 Å². The summed E-state index contributed by atoms with van der Waals surface area (Å²) in [6.45, 7) is 16.6. The lowest BCUT2D eigenvalue weighted by Crippen LogP contribution is -2.59. The number of hydrogen-bond donors (Lipinski definition) is 1. The molecule has 0 saturated carbocycles. The Morgan fingerprint density at radius 1 is 1.11 bits per heavy atom. The third-order valence-corrected chi connectivity index (χ3v) is 5.75. The van der Waals surface area contributed by atoms with Gasteiger partial charge in [-0.15, -0.1) is 24.0 Å². The molecule has 3 rings (SSSR count). The summed E-state index contributed by atoms with van der Waals surface area (Å²) < 4.78 is 5.52. The van der Waals surface area contributed by atoms with Gasteiger partial charge in [-0.2, -0.15) is 0 Å². The Hall–Kier alpha value is -0.770. The smallest absolute Gasteiger partial charge is 0.410 e. The van der Waals surface area contributed by atoms with E-state index in [0.717, 1.165) is 25.6 Å². The number of guanidine groups is 1. The van der Waals surface area contributed by atoms with Crippen LogP contribution in [0.4, 0.5) is 4.79 Å². The normalized spacial score (nSPS) is 23.6. The van der Waals surface area contributed by atoms with Gasteiger partial charge in [0, 0.05) is 31.7 Å². The van der Waals surface area contributed by atoms with Crippen LogP contribution in [0.15, 0.2) is 4.99 Å². The molecule has 162 valence electrons. The number of rotatable bonds is 3. The van der Waals surface area contributed by atoms with Crippen LogP contribution >= 0.6 is 24.0 Å². The zero-order valence-electron chi connectivity index (χ0n) is 18.2. The predicted molar refractivity (Wildman–Crippen MR) is 124 cm³/mol. The lowest BCUT2D eigenvalue weighted by atomic mass is 9.98. The number of likely N-dealkylation sites (tertiary alicyclic amines) is 1. The number of aliphatic imine (C=N–C) groups is 1. The van der Waals surface area contributed by atoms with Crippen molar-refractivity contribution < 1.29 is 9.53 Å². The van der Waals surface area contributed by atoms with E-state index in [4.69, 9.17) is 9.73 Å². The van der Waals surface area contributed by atoms with Gasteiger partial charge in [0.15, 0.2) is 5.96 Å². The van der Waals surface area contributed by atoms with Crippen LogP contribution in [0.25, 0.3) is 0 Å². The third kappa shape index (κ3) is 5.87. The Morgan fingerprint density at radius 3 is 2.43 bits per heavy atom.